The molecule has 0 radical (unpaired) electrons. The summed E-state index contributed by atoms with van der Waals surface area (Å²) in [6.07, 6.45) is 4.42. The first kappa shape index (κ1) is 13.8. The first-order valence-electron chi connectivity index (χ1n) is 6.88. The Hall–Kier alpha value is -1.58. The zero-order chi connectivity index (χ0) is 13.7. The minimum absolute atomic E-state index is 0.266. The second-order valence-corrected chi connectivity index (χ2v) is 4.97. The lowest BCUT2D eigenvalue weighted by molar-refractivity contribution is -0.149. The summed E-state index contributed by atoms with van der Waals surface area (Å²) in [5.74, 6) is -0.602. The summed E-state index contributed by atoms with van der Waals surface area (Å²) >= 11 is 0. The van der Waals surface area contributed by atoms with E-state index >= 15 is 0 Å². The van der Waals surface area contributed by atoms with Crippen LogP contribution >= 0.6 is 0 Å². The molecule has 104 valence electrons. The van der Waals surface area contributed by atoms with Crippen molar-refractivity contribution in [2.75, 3.05) is 11.9 Å². The Morgan fingerprint density at radius 2 is 2.00 bits per heavy atom. The smallest absolute Gasteiger partial charge is 0.331 e. The molecule has 1 N–H and O–H groups in total. The minimum atomic E-state index is -0.767. The standard InChI is InChI=1S/C15H20FNO2/c1-2-19-14(18)15(10-6-3-7-11-15)17-13-9-5-4-8-12(13)16/h4-5,8-9,17H,2-3,6-7,10-11H2,1H3. The molecule has 2 rings (SSSR count). The third-order valence-electron chi connectivity index (χ3n) is 3.62. The zero-order valence-corrected chi connectivity index (χ0v) is 11.2. The summed E-state index contributed by atoms with van der Waals surface area (Å²) in [7, 11) is 0. The van der Waals surface area contributed by atoms with Crippen molar-refractivity contribution in [1.29, 1.82) is 0 Å². The predicted molar refractivity (Wildman–Crippen MR) is 72.5 cm³/mol. The summed E-state index contributed by atoms with van der Waals surface area (Å²) in [6.45, 7) is 2.14. The predicted octanol–water partition coefficient (Wildman–Crippen LogP) is 3.50. The lowest BCUT2D eigenvalue weighted by Gasteiger charge is -2.36. The molecule has 0 aliphatic heterocycles. The first-order valence-corrected chi connectivity index (χ1v) is 6.88. The van der Waals surface area contributed by atoms with Crippen LogP contribution in [-0.4, -0.2) is 18.1 Å². The van der Waals surface area contributed by atoms with E-state index in [1.165, 1.54) is 6.07 Å². The van der Waals surface area contributed by atoms with E-state index in [2.05, 4.69) is 5.32 Å². The maximum Gasteiger partial charge on any atom is 0.331 e. The third kappa shape index (κ3) is 3.06. The second kappa shape index (κ2) is 6.04. The van der Waals surface area contributed by atoms with Crippen LogP contribution in [0.3, 0.4) is 0 Å². The van der Waals surface area contributed by atoms with Crippen molar-refractivity contribution >= 4 is 11.7 Å². The third-order valence-corrected chi connectivity index (χ3v) is 3.62. The highest BCUT2D eigenvalue weighted by Gasteiger charge is 2.41. The average Bonchev–Trinajstić information content (AvgIpc) is 2.43. The van der Waals surface area contributed by atoms with Gasteiger partial charge < -0.3 is 10.1 Å². The van der Waals surface area contributed by atoms with Gasteiger partial charge in [-0.05, 0) is 31.9 Å². The Labute approximate surface area is 113 Å². The van der Waals surface area contributed by atoms with E-state index in [0.29, 0.717) is 25.1 Å². The van der Waals surface area contributed by atoms with Gasteiger partial charge in [-0.25, -0.2) is 9.18 Å². The molecule has 0 heterocycles. The molecule has 0 saturated heterocycles. The van der Waals surface area contributed by atoms with E-state index in [1.807, 2.05) is 0 Å². The van der Waals surface area contributed by atoms with Crippen molar-refractivity contribution in [3.05, 3.63) is 30.1 Å². The molecular weight excluding hydrogens is 245 g/mol. The van der Waals surface area contributed by atoms with Gasteiger partial charge in [0.2, 0.25) is 0 Å². The minimum Gasteiger partial charge on any atom is -0.464 e. The van der Waals surface area contributed by atoms with Gasteiger partial charge in [0, 0.05) is 0 Å². The quantitative estimate of drug-likeness (QED) is 0.847. The van der Waals surface area contributed by atoms with Gasteiger partial charge in [0.1, 0.15) is 11.4 Å². The molecule has 1 aromatic rings. The summed E-state index contributed by atoms with van der Waals surface area (Å²) < 4.78 is 18.9. The number of ether oxygens (including phenoxy) is 1. The van der Waals surface area contributed by atoms with E-state index in [4.69, 9.17) is 4.74 Å². The Kier molecular flexibility index (Phi) is 4.40. The van der Waals surface area contributed by atoms with Crippen LogP contribution in [-0.2, 0) is 9.53 Å². The molecule has 3 nitrogen and oxygen atoms in total. The van der Waals surface area contributed by atoms with Crippen molar-refractivity contribution in [2.45, 2.75) is 44.6 Å². The molecule has 19 heavy (non-hydrogen) atoms. The molecule has 0 atom stereocenters. The molecule has 1 fully saturated rings. The topological polar surface area (TPSA) is 38.3 Å². The second-order valence-electron chi connectivity index (χ2n) is 4.97. The molecule has 0 spiro atoms. The lowest BCUT2D eigenvalue weighted by Crippen LogP contribution is -2.49. The van der Waals surface area contributed by atoms with Crippen LogP contribution in [0, 0.1) is 5.82 Å². The van der Waals surface area contributed by atoms with Gasteiger partial charge in [0.05, 0.1) is 12.3 Å². The maximum atomic E-state index is 13.7. The monoisotopic (exact) mass is 265 g/mol. The summed E-state index contributed by atoms with van der Waals surface area (Å²) in [6, 6.07) is 6.44. The van der Waals surface area contributed by atoms with Gasteiger partial charge in [-0.3, -0.25) is 0 Å². The Morgan fingerprint density at radius 1 is 1.32 bits per heavy atom. The highest BCUT2D eigenvalue weighted by molar-refractivity contribution is 5.84. The zero-order valence-electron chi connectivity index (χ0n) is 11.2. The normalized spacial score (nSPS) is 17.8. The summed E-state index contributed by atoms with van der Waals surface area (Å²) in [5, 5.41) is 3.10. The number of benzene rings is 1. The largest absolute Gasteiger partial charge is 0.464 e. The fourth-order valence-electron chi connectivity index (χ4n) is 2.63. The van der Waals surface area contributed by atoms with Crippen molar-refractivity contribution in [2.24, 2.45) is 0 Å². The summed E-state index contributed by atoms with van der Waals surface area (Å²) in [4.78, 5) is 12.2. The fourth-order valence-corrected chi connectivity index (χ4v) is 2.63. The van der Waals surface area contributed by atoms with Gasteiger partial charge in [-0.2, -0.15) is 0 Å². The number of hydrogen-bond donors (Lipinski definition) is 1. The molecule has 1 saturated carbocycles. The lowest BCUT2D eigenvalue weighted by atomic mass is 9.81. The van der Waals surface area contributed by atoms with Crippen LogP contribution in [0.2, 0.25) is 0 Å². The van der Waals surface area contributed by atoms with Gasteiger partial charge in [-0.1, -0.05) is 31.4 Å². The van der Waals surface area contributed by atoms with E-state index in [0.717, 1.165) is 19.3 Å². The number of para-hydroxylation sites is 1. The van der Waals surface area contributed by atoms with Gasteiger partial charge in [0.25, 0.3) is 0 Å². The van der Waals surface area contributed by atoms with Crippen LogP contribution in [0.5, 0.6) is 0 Å². The molecule has 0 unspecified atom stereocenters. The van der Waals surface area contributed by atoms with E-state index in [1.54, 1.807) is 25.1 Å². The maximum absolute atomic E-state index is 13.7. The number of carbonyl (C=O) groups excluding carboxylic acids is 1. The number of esters is 1. The number of halogens is 1. The van der Waals surface area contributed by atoms with Gasteiger partial charge in [0.15, 0.2) is 0 Å². The molecule has 1 aliphatic rings. The number of hydrogen-bond acceptors (Lipinski definition) is 3. The molecule has 0 amide bonds. The molecule has 4 heteroatoms. The molecule has 0 aromatic heterocycles. The van der Waals surface area contributed by atoms with Crippen LogP contribution in [0.1, 0.15) is 39.0 Å². The Balaban J connectivity index is 2.23. The van der Waals surface area contributed by atoms with Gasteiger partial charge in [-0.15, -0.1) is 0 Å². The number of carbonyl (C=O) groups is 1. The van der Waals surface area contributed by atoms with Gasteiger partial charge >= 0.3 is 5.97 Å². The summed E-state index contributed by atoms with van der Waals surface area (Å²) in [5.41, 5.74) is -0.395. The number of nitrogens with one attached hydrogen (secondary N) is 1. The fraction of sp³-hybridized carbons (Fsp3) is 0.533. The molecule has 1 aromatic carbocycles. The van der Waals surface area contributed by atoms with Crippen LogP contribution in [0.4, 0.5) is 10.1 Å². The average molecular weight is 265 g/mol. The highest BCUT2D eigenvalue weighted by Crippen LogP contribution is 2.33. The molecular formula is C15H20FNO2. The number of anilines is 1. The molecule has 0 bridgehead atoms. The van der Waals surface area contributed by atoms with Crippen molar-refractivity contribution in [1.82, 2.24) is 0 Å². The van der Waals surface area contributed by atoms with E-state index in [9.17, 15) is 9.18 Å². The van der Waals surface area contributed by atoms with Crippen LogP contribution in [0.15, 0.2) is 24.3 Å². The van der Waals surface area contributed by atoms with Crippen molar-refractivity contribution in [3.8, 4) is 0 Å². The van der Waals surface area contributed by atoms with E-state index < -0.39 is 5.54 Å². The molecule has 1 aliphatic carbocycles. The first-order chi connectivity index (χ1) is 9.18. The SMILES string of the molecule is CCOC(=O)C1(Nc2ccccc2F)CCCCC1. The van der Waals surface area contributed by atoms with Crippen LogP contribution < -0.4 is 5.32 Å². The van der Waals surface area contributed by atoms with Crippen molar-refractivity contribution in [3.63, 3.8) is 0 Å². The number of rotatable bonds is 4. The Morgan fingerprint density at radius 3 is 2.63 bits per heavy atom. The highest BCUT2D eigenvalue weighted by atomic mass is 19.1. The van der Waals surface area contributed by atoms with Crippen LogP contribution in [0.25, 0.3) is 0 Å². The Bertz CT molecular complexity index is 442. The van der Waals surface area contributed by atoms with E-state index in [-0.39, 0.29) is 11.8 Å². The van der Waals surface area contributed by atoms with Crippen molar-refractivity contribution < 1.29 is 13.9 Å².